The molecule has 2 aromatic carbocycles. The fraction of sp³-hybridized carbons (Fsp3) is 0.400. The van der Waals surface area contributed by atoms with Crippen LogP contribution >= 0.6 is 0 Å². The van der Waals surface area contributed by atoms with Gasteiger partial charge in [0.1, 0.15) is 5.75 Å². The number of phenolic OH excluding ortho intramolecular Hbond substituents is 1. The second-order valence-electron chi connectivity index (χ2n) is 8.13. The van der Waals surface area contributed by atoms with Crippen LogP contribution in [0.2, 0.25) is 0 Å². The number of nitrogens with zero attached hydrogens (tertiary/aromatic N) is 1. The molecule has 0 bridgehead atoms. The van der Waals surface area contributed by atoms with E-state index in [1.165, 1.54) is 5.56 Å². The highest BCUT2D eigenvalue weighted by molar-refractivity contribution is 5.95. The van der Waals surface area contributed by atoms with E-state index in [1.807, 2.05) is 35.2 Å². The summed E-state index contributed by atoms with van der Waals surface area (Å²) in [6.07, 6.45) is 7.39. The molecule has 0 aromatic heterocycles. The normalized spacial score (nSPS) is 21.9. The molecule has 0 radical (unpaired) electrons. The number of fused-ring (bicyclic) bond motifs is 3. The number of aromatic hydroxyl groups is 1. The highest BCUT2D eigenvalue weighted by Crippen LogP contribution is 2.51. The van der Waals surface area contributed by atoms with Crippen molar-refractivity contribution in [3.05, 3.63) is 71.3 Å². The maximum Gasteiger partial charge on any atom is 0.253 e. The van der Waals surface area contributed by atoms with Crippen LogP contribution in [0.15, 0.2) is 54.6 Å². The minimum absolute atomic E-state index is 0.0573. The quantitative estimate of drug-likeness (QED) is 0.642. The van der Waals surface area contributed by atoms with Crippen molar-refractivity contribution < 1.29 is 9.90 Å². The molecule has 2 aliphatic rings. The lowest BCUT2D eigenvalue weighted by Crippen LogP contribution is -2.33. The average Bonchev–Trinajstić information content (AvgIpc) is 3.23. The van der Waals surface area contributed by atoms with Crippen LogP contribution in [0, 0.1) is 5.92 Å². The molecule has 0 fully saturated rings. The summed E-state index contributed by atoms with van der Waals surface area (Å²) in [5.74, 6) is 1.05. The summed E-state index contributed by atoms with van der Waals surface area (Å²) in [5, 5.41) is 14.0. The van der Waals surface area contributed by atoms with Gasteiger partial charge in [-0.2, -0.15) is 0 Å². The van der Waals surface area contributed by atoms with E-state index in [0.717, 1.165) is 49.2 Å². The Morgan fingerprint density at radius 2 is 1.86 bits per heavy atom. The summed E-state index contributed by atoms with van der Waals surface area (Å²) >= 11 is 0. The zero-order chi connectivity index (χ0) is 20.4. The number of carbonyl (C=O) groups is 1. The van der Waals surface area contributed by atoms with Gasteiger partial charge in [0.15, 0.2) is 0 Å². The molecular formula is C25H30N2O2. The van der Waals surface area contributed by atoms with Gasteiger partial charge in [0.2, 0.25) is 0 Å². The third-order valence-corrected chi connectivity index (χ3v) is 6.16. The Kier molecular flexibility index (Phi) is 5.61. The van der Waals surface area contributed by atoms with Crippen molar-refractivity contribution in [2.24, 2.45) is 5.92 Å². The molecule has 1 aliphatic carbocycles. The fourth-order valence-corrected chi connectivity index (χ4v) is 4.82. The number of carbonyl (C=O) groups excluding carboxylic acids is 1. The van der Waals surface area contributed by atoms with Crippen molar-refractivity contribution in [3.63, 3.8) is 0 Å². The largest absolute Gasteiger partial charge is 0.508 e. The zero-order valence-electron chi connectivity index (χ0n) is 17.3. The van der Waals surface area contributed by atoms with Crippen LogP contribution in [-0.4, -0.2) is 29.0 Å². The van der Waals surface area contributed by atoms with Crippen LogP contribution in [0.3, 0.4) is 0 Å². The molecule has 4 rings (SSSR count). The van der Waals surface area contributed by atoms with Crippen molar-refractivity contribution in [2.45, 2.75) is 45.1 Å². The molecular weight excluding hydrogens is 360 g/mol. The van der Waals surface area contributed by atoms with E-state index in [1.54, 1.807) is 6.07 Å². The molecule has 2 aromatic rings. The Morgan fingerprint density at radius 1 is 1.10 bits per heavy atom. The number of amides is 1. The van der Waals surface area contributed by atoms with Gasteiger partial charge in [-0.1, -0.05) is 44.2 Å². The fourth-order valence-electron chi connectivity index (χ4n) is 4.82. The SMILES string of the molecule is CCCN(CCC)C(=O)c1ccc2c(c1)C1C=CCC1C(c1ccccc1O)N2. The summed E-state index contributed by atoms with van der Waals surface area (Å²) in [4.78, 5) is 15.1. The molecule has 3 atom stereocenters. The summed E-state index contributed by atoms with van der Waals surface area (Å²) < 4.78 is 0. The maximum absolute atomic E-state index is 13.1. The Labute approximate surface area is 173 Å². The van der Waals surface area contributed by atoms with Gasteiger partial charge < -0.3 is 15.3 Å². The standard InChI is InChI=1S/C25H30N2O2/c1-3-14-27(15-4-2)25(29)17-12-13-22-21(16-17)18-9-7-10-19(18)24(26-22)20-8-5-6-11-23(20)28/h5-9,11-13,16,18-19,24,26,28H,3-4,10,14-15H2,1-2H3. The molecule has 0 saturated heterocycles. The van der Waals surface area contributed by atoms with E-state index in [-0.39, 0.29) is 17.9 Å². The topological polar surface area (TPSA) is 52.6 Å². The highest BCUT2D eigenvalue weighted by atomic mass is 16.3. The number of phenols is 1. The molecule has 3 unspecified atom stereocenters. The van der Waals surface area contributed by atoms with Gasteiger partial charge in [-0.15, -0.1) is 0 Å². The van der Waals surface area contributed by atoms with Crippen molar-refractivity contribution in [1.29, 1.82) is 0 Å². The average molecular weight is 391 g/mol. The lowest BCUT2D eigenvalue weighted by molar-refractivity contribution is 0.0755. The first-order valence-electron chi connectivity index (χ1n) is 10.8. The summed E-state index contributed by atoms with van der Waals surface area (Å²) in [5.41, 5.74) is 3.95. The van der Waals surface area contributed by atoms with Crippen molar-refractivity contribution in [2.75, 3.05) is 18.4 Å². The van der Waals surface area contributed by atoms with Gasteiger partial charge in [0.05, 0.1) is 6.04 Å². The molecule has 152 valence electrons. The van der Waals surface area contributed by atoms with Gasteiger partial charge >= 0.3 is 0 Å². The van der Waals surface area contributed by atoms with E-state index in [4.69, 9.17) is 0 Å². The lowest BCUT2D eigenvalue weighted by Gasteiger charge is -2.38. The molecule has 0 spiro atoms. The maximum atomic E-state index is 13.1. The van der Waals surface area contributed by atoms with Gasteiger partial charge in [0.25, 0.3) is 5.91 Å². The predicted molar refractivity (Wildman–Crippen MR) is 117 cm³/mol. The Balaban J connectivity index is 1.67. The van der Waals surface area contributed by atoms with Crippen molar-refractivity contribution in [1.82, 2.24) is 4.90 Å². The van der Waals surface area contributed by atoms with Crippen molar-refractivity contribution in [3.8, 4) is 5.75 Å². The van der Waals surface area contributed by atoms with Crippen LogP contribution < -0.4 is 5.32 Å². The Morgan fingerprint density at radius 3 is 2.59 bits per heavy atom. The first kappa shape index (κ1) is 19.6. The Hall–Kier alpha value is -2.75. The van der Waals surface area contributed by atoms with E-state index < -0.39 is 0 Å². The number of anilines is 1. The summed E-state index contributed by atoms with van der Waals surface area (Å²) in [7, 11) is 0. The molecule has 0 saturated carbocycles. The molecule has 4 nitrogen and oxygen atoms in total. The summed E-state index contributed by atoms with van der Waals surface area (Å²) in [6, 6.07) is 13.7. The number of hydrogen-bond donors (Lipinski definition) is 2. The molecule has 4 heteroatoms. The first-order valence-corrected chi connectivity index (χ1v) is 10.8. The van der Waals surface area contributed by atoms with Crippen molar-refractivity contribution >= 4 is 11.6 Å². The number of benzene rings is 2. The molecule has 29 heavy (non-hydrogen) atoms. The van der Waals surface area contributed by atoms with E-state index in [2.05, 4.69) is 37.4 Å². The molecule has 1 amide bonds. The lowest BCUT2D eigenvalue weighted by atomic mass is 9.76. The van der Waals surface area contributed by atoms with E-state index >= 15 is 0 Å². The minimum Gasteiger partial charge on any atom is -0.508 e. The second kappa shape index (κ2) is 8.32. The predicted octanol–water partition coefficient (Wildman–Crippen LogP) is 5.48. The second-order valence-corrected chi connectivity index (χ2v) is 8.13. The van der Waals surface area contributed by atoms with E-state index in [9.17, 15) is 9.90 Å². The Bertz CT molecular complexity index is 915. The van der Waals surface area contributed by atoms with Gasteiger partial charge in [-0.05, 0) is 55.0 Å². The number of hydrogen-bond acceptors (Lipinski definition) is 3. The van der Waals surface area contributed by atoms with Crippen LogP contribution in [-0.2, 0) is 0 Å². The monoisotopic (exact) mass is 390 g/mol. The number of rotatable bonds is 6. The van der Waals surface area contributed by atoms with Gasteiger partial charge in [-0.3, -0.25) is 4.79 Å². The van der Waals surface area contributed by atoms with Crippen LogP contribution in [0.4, 0.5) is 5.69 Å². The van der Waals surface area contributed by atoms with E-state index in [0.29, 0.717) is 11.7 Å². The molecule has 1 aliphatic heterocycles. The van der Waals surface area contributed by atoms with Crippen LogP contribution in [0.5, 0.6) is 5.75 Å². The van der Waals surface area contributed by atoms with Gasteiger partial charge in [0, 0.05) is 35.8 Å². The third-order valence-electron chi connectivity index (χ3n) is 6.16. The van der Waals surface area contributed by atoms with Gasteiger partial charge in [-0.25, -0.2) is 0 Å². The zero-order valence-corrected chi connectivity index (χ0v) is 17.3. The smallest absolute Gasteiger partial charge is 0.253 e. The molecule has 2 N–H and O–H groups in total. The third kappa shape index (κ3) is 3.64. The number of allylic oxidation sites excluding steroid dienone is 2. The first-order chi connectivity index (χ1) is 14.1. The van der Waals surface area contributed by atoms with Crippen LogP contribution in [0.25, 0.3) is 0 Å². The summed E-state index contributed by atoms with van der Waals surface area (Å²) in [6.45, 7) is 5.81. The highest BCUT2D eigenvalue weighted by Gasteiger charge is 2.39. The molecule has 1 heterocycles. The number of para-hydroxylation sites is 1. The van der Waals surface area contributed by atoms with Crippen LogP contribution in [0.1, 0.15) is 66.6 Å². The number of nitrogens with one attached hydrogen (secondary N) is 1. The minimum atomic E-state index is 0.0573.